The molecule has 0 aliphatic heterocycles. The van der Waals surface area contributed by atoms with Crippen LogP contribution in [-0.4, -0.2) is 30.0 Å². The zero-order chi connectivity index (χ0) is 9.14. The van der Waals surface area contributed by atoms with Crippen LogP contribution in [-0.2, 0) is 9.53 Å². The molecule has 1 N–H and O–H groups in total. The zero-order valence-electron chi connectivity index (χ0n) is 7.00. The lowest BCUT2D eigenvalue weighted by molar-refractivity contribution is -0.149. The van der Waals surface area contributed by atoms with E-state index >= 15 is 0 Å². The van der Waals surface area contributed by atoms with E-state index in [0.717, 1.165) is 0 Å². The summed E-state index contributed by atoms with van der Waals surface area (Å²) in [7, 11) is 0. The standard InChI is InChI=1S/C8H13FO3/c1-2-12-6-3-5(4-6)7(9)8(10)11/h5-7H,2-4H2,1H3,(H,10,11). The Kier molecular flexibility index (Phi) is 3.03. The SMILES string of the molecule is CCOC1CC(C(F)C(=O)O)C1. The van der Waals surface area contributed by atoms with Crippen LogP contribution in [0.2, 0.25) is 0 Å². The van der Waals surface area contributed by atoms with Gasteiger partial charge in [-0.15, -0.1) is 0 Å². The highest BCUT2D eigenvalue weighted by atomic mass is 19.1. The molecule has 0 radical (unpaired) electrons. The van der Waals surface area contributed by atoms with Crippen LogP contribution < -0.4 is 0 Å². The molecule has 0 saturated heterocycles. The number of carboxylic acids is 1. The quantitative estimate of drug-likeness (QED) is 0.700. The summed E-state index contributed by atoms with van der Waals surface area (Å²) in [5.74, 6) is -1.69. The molecule has 0 bridgehead atoms. The third kappa shape index (κ3) is 1.94. The summed E-state index contributed by atoms with van der Waals surface area (Å²) in [6, 6.07) is 0. The number of halogens is 1. The van der Waals surface area contributed by atoms with Crippen molar-refractivity contribution in [3.05, 3.63) is 0 Å². The maximum atomic E-state index is 12.7. The second-order valence-electron chi connectivity index (χ2n) is 3.05. The molecule has 4 heteroatoms. The van der Waals surface area contributed by atoms with Crippen LogP contribution in [0.5, 0.6) is 0 Å². The van der Waals surface area contributed by atoms with Crippen molar-refractivity contribution < 1.29 is 19.0 Å². The van der Waals surface area contributed by atoms with Gasteiger partial charge in [-0.1, -0.05) is 0 Å². The maximum absolute atomic E-state index is 12.7. The van der Waals surface area contributed by atoms with E-state index < -0.39 is 12.1 Å². The molecule has 0 amide bonds. The van der Waals surface area contributed by atoms with Crippen molar-refractivity contribution in [3.63, 3.8) is 0 Å². The average molecular weight is 176 g/mol. The summed E-state index contributed by atoms with van der Waals surface area (Å²) in [4.78, 5) is 10.2. The van der Waals surface area contributed by atoms with Crippen LogP contribution in [0.3, 0.4) is 0 Å². The Labute approximate surface area is 70.5 Å². The Morgan fingerprint density at radius 1 is 1.75 bits per heavy atom. The minimum atomic E-state index is -1.71. The first-order valence-corrected chi connectivity index (χ1v) is 4.13. The van der Waals surface area contributed by atoms with E-state index in [0.29, 0.717) is 19.4 Å². The van der Waals surface area contributed by atoms with Crippen molar-refractivity contribution in [2.24, 2.45) is 5.92 Å². The fourth-order valence-electron chi connectivity index (χ4n) is 1.42. The predicted octanol–water partition coefficient (Wildman–Crippen LogP) is 1.22. The predicted molar refractivity (Wildman–Crippen MR) is 40.7 cm³/mol. The van der Waals surface area contributed by atoms with Gasteiger partial charge in [0.25, 0.3) is 0 Å². The van der Waals surface area contributed by atoms with Gasteiger partial charge in [-0.3, -0.25) is 0 Å². The van der Waals surface area contributed by atoms with Gasteiger partial charge in [0, 0.05) is 12.5 Å². The van der Waals surface area contributed by atoms with Crippen molar-refractivity contribution >= 4 is 5.97 Å². The third-order valence-corrected chi connectivity index (χ3v) is 2.18. The van der Waals surface area contributed by atoms with Gasteiger partial charge in [-0.05, 0) is 19.8 Å². The van der Waals surface area contributed by atoms with E-state index in [1.165, 1.54) is 0 Å². The van der Waals surface area contributed by atoms with Crippen molar-refractivity contribution in [3.8, 4) is 0 Å². The second-order valence-corrected chi connectivity index (χ2v) is 3.05. The summed E-state index contributed by atoms with van der Waals surface area (Å²) in [5.41, 5.74) is 0. The smallest absolute Gasteiger partial charge is 0.338 e. The van der Waals surface area contributed by atoms with E-state index in [1.807, 2.05) is 6.92 Å². The molecular formula is C8H13FO3. The van der Waals surface area contributed by atoms with Crippen molar-refractivity contribution in [1.82, 2.24) is 0 Å². The molecule has 3 nitrogen and oxygen atoms in total. The van der Waals surface area contributed by atoms with Gasteiger partial charge in [0.15, 0.2) is 6.17 Å². The lowest BCUT2D eigenvalue weighted by Gasteiger charge is -2.35. The molecule has 1 unspecified atom stereocenters. The van der Waals surface area contributed by atoms with Gasteiger partial charge >= 0.3 is 5.97 Å². The normalized spacial score (nSPS) is 30.8. The molecular weight excluding hydrogens is 163 g/mol. The highest BCUT2D eigenvalue weighted by molar-refractivity contribution is 5.72. The van der Waals surface area contributed by atoms with Gasteiger partial charge in [0.05, 0.1) is 6.10 Å². The van der Waals surface area contributed by atoms with Crippen LogP contribution in [0.4, 0.5) is 4.39 Å². The lowest BCUT2D eigenvalue weighted by atomic mass is 9.79. The van der Waals surface area contributed by atoms with Crippen LogP contribution in [0.1, 0.15) is 19.8 Å². The molecule has 0 aromatic carbocycles. The maximum Gasteiger partial charge on any atom is 0.338 e. The van der Waals surface area contributed by atoms with E-state index in [4.69, 9.17) is 9.84 Å². The molecule has 1 aliphatic rings. The number of aliphatic carboxylic acids is 1. The number of carbonyl (C=O) groups is 1. The lowest BCUT2D eigenvalue weighted by Crippen LogP contribution is -2.40. The first-order valence-electron chi connectivity index (χ1n) is 4.13. The van der Waals surface area contributed by atoms with E-state index in [9.17, 15) is 9.18 Å². The van der Waals surface area contributed by atoms with Crippen molar-refractivity contribution in [2.75, 3.05) is 6.61 Å². The highest BCUT2D eigenvalue weighted by Crippen LogP contribution is 2.34. The molecule has 1 atom stereocenters. The molecule has 0 heterocycles. The fourth-order valence-corrected chi connectivity index (χ4v) is 1.42. The fraction of sp³-hybridized carbons (Fsp3) is 0.875. The first-order chi connectivity index (χ1) is 5.65. The Morgan fingerprint density at radius 2 is 2.33 bits per heavy atom. The van der Waals surface area contributed by atoms with Crippen LogP contribution >= 0.6 is 0 Å². The minimum absolute atomic E-state index is 0.0811. The van der Waals surface area contributed by atoms with E-state index in [1.54, 1.807) is 0 Å². The Hall–Kier alpha value is -0.640. The Balaban J connectivity index is 2.20. The Morgan fingerprint density at radius 3 is 2.75 bits per heavy atom. The number of alkyl halides is 1. The summed E-state index contributed by atoms with van der Waals surface area (Å²) in [5, 5.41) is 8.32. The topological polar surface area (TPSA) is 46.5 Å². The molecule has 0 spiro atoms. The minimum Gasteiger partial charge on any atom is -0.479 e. The van der Waals surface area contributed by atoms with Crippen LogP contribution in [0.15, 0.2) is 0 Å². The molecule has 1 aliphatic carbocycles. The molecule has 70 valence electrons. The summed E-state index contributed by atoms with van der Waals surface area (Å²) in [6.07, 6.45) is -0.540. The van der Waals surface area contributed by atoms with E-state index in [-0.39, 0.29) is 12.0 Å². The third-order valence-electron chi connectivity index (χ3n) is 2.18. The summed E-state index contributed by atoms with van der Waals surface area (Å²) in [6.45, 7) is 2.48. The number of rotatable bonds is 4. The molecule has 0 aromatic heterocycles. The van der Waals surface area contributed by atoms with Gasteiger partial charge in [0.1, 0.15) is 0 Å². The summed E-state index contributed by atoms with van der Waals surface area (Å²) < 4.78 is 17.9. The van der Waals surface area contributed by atoms with Crippen LogP contribution in [0.25, 0.3) is 0 Å². The molecule has 12 heavy (non-hydrogen) atoms. The van der Waals surface area contributed by atoms with Crippen molar-refractivity contribution in [2.45, 2.75) is 32.0 Å². The van der Waals surface area contributed by atoms with Gasteiger partial charge in [0.2, 0.25) is 0 Å². The molecule has 1 fully saturated rings. The number of carboxylic acid groups (broad SMARTS) is 1. The second kappa shape index (κ2) is 3.85. The average Bonchev–Trinajstić information content (AvgIpc) is 1.94. The monoisotopic (exact) mass is 176 g/mol. The number of ether oxygens (including phenoxy) is 1. The largest absolute Gasteiger partial charge is 0.479 e. The zero-order valence-corrected chi connectivity index (χ0v) is 7.00. The van der Waals surface area contributed by atoms with Crippen molar-refractivity contribution in [1.29, 1.82) is 0 Å². The Bertz CT molecular complexity index is 166. The van der Waals surface area contributed by atoms with Gasteiger partial charge in [-0.2, -0.15) is 0 Å². The highest BCUT2D eigenvalue weighted by Gasteiger charge is 2.39. The van der Waals surface area contributed by atoms with E-state index in [2.05, 4.69) is 0 Å². The molecule has 1 saturated carbocycles. The number of hydrogen-bond acceptors (Lipinski definition) is 2. The molecule has 0 aromatic rings. The van der Waals surface area contributed by atoms with Gasteiger partial charge in [-0.25, -0.2) is 9.18 Å². The number of hydrogen-bond donors (Lipinski definition) is 1. The van der Waals surface area contributed by atoms with Gasteiger partial charge < -0.3 is 9.84 Å². The first kappa shape index (κ1) is 9.45. The molecule has 1 rings (SSSR count). The summed E-state index contributed by atoms with van der Waals surface area (Å²) >= 11 is 0. The van der Waals surface area contributed by atoms with Crippen LogP contribution in [0, 0.1) is 5.92 Å².